The summed E-state index contributed by atoms with van der Waals surface area (Å²) in [6, 6.07) is 16.6. The highest BCUT2D eigenvalue weighted by atomic mass is 32.2. The lowest BCUT2D eigenvalue weighted by atomic mass is 10.2. The highest BCUT2D eigenvalue weighted by molar-refractivity contribution is 7.99. The van der Waals surface area contributed by atoms with Crippen LogP contribution in [0.4, 0.5) is 5.69 Å². The first kappa shape index (κ1) is 15.2. The molecule has 2 N–H and O–H groups in total. The van der Waals surface area contributed by atoms with Gasteiger partial charge in [0.2, 0.25) is 11.7 Å². The third-order valence-corrected chi connectivity index (χ3v) is 4.55. The summed E-state index contributed by atoms with van der Waals surface area (Å²) in [6.45, 7) is 0. The third-order valence-electron chi connectivity index (χ3n) is 3.61. The van der Waals surface area contributed by atoms with Crippen molar-refractivity contribution < 1.29 is 4.79 Å². The van der Waals surface area contributed by atoms with E-state index in [9.17, 15) is 4.79 Å². The van der Waals surface area contributed by atoms with Crippen LogP contribution in [-0.4, -0.2) is 31.2 Å². The fourth-order valence-electron chi connectivity index (χ4n) is 2.53. The van der Waals surface area contributed by atoms with Crippen molar-refractivity contribution >= 4 is 40.2 Å². The maximum absolute atomic E-state index is 12.2. The number of imidazole rings is 1. The fourth-order valence-corrected chi connectivity index (χ4v) is 3.29. The van der Waals surface area contributed by atoms with Crippen molar-refractivity contribution in [3.05, 3.63) is 54.1 Å². The number of fused-ring (bicyclic) bond motifs is 3. The van der Waals surface area contributed by atoms with Crippen LogP contribution < -0.4 is 5.32 Å². The summed E-state index contributed by atoms with van der Waals surface area (Å²) in [6.07, 6.45) is 0. The number of nitriles is 1. The summed E-state index contributed by atoms with van der Waals surface area (Å²) in [7, 11) is 0. The Balaban J connectivity index is 1.50. The first-order chi connectivity index (χ1) is 12.2. The average molecular weight is 348 g/mol. The number of anilines is 1. The van der Waals surface area contributed by atoms with E-state index >= 15 is 0 Å². The van der Waals surface area contributed by atoms with Crippen LogP contribution >= 0.6 is 11.8 Å². The Kier molecular flexibility index (Phi) is 3.84. The maximum Gasteiger partial charge on any atom is 0.234 e. The van der Waals surface area contributed by atoms with Gasteiger partial charge < -0.3 is 5.32 Å². The summed E-state index contributed by atoms with van der Waals surface area (Å²) in [5.74, 6) is 0.676. The molecule has 2 aromatic carbocycles. The van der Waals surface area contributed by atoms with Crippen LogP contribution in [-0.2, 0) is 4.79 Å². The number of hydrogen-bond donors (Lipinski definition) is 2. The van der Waals surface area contributed by atoms with E-state index in [4.69, 9.17) is 5.26 Å². The first-order valence-corrected chi connectivity index (χ1v) is 8.47. The van der Waals surface area contributed by atoms with Gasteiger partial charge in [-0.1, -0.05) is 30.0 Å². The molecule has 0 fully saturated rings. The SMILES string of the molecule is N#Cc1cccc(NC(=O)CSc2n[nH]c3nc4ccccc4n23)c1. The Bertz CT molecular complexity index is 1120. The molecule has 4 rings (SSSR count). The van der Waals surface area contributed by atoms with Crippen molar-refractivity contribution in [2.75, 3.05) is 11.1 Å². The topological polar surface area (TPSA) is 98.9 Å². The molecule has 0 spiro atoms. The molecular weight excluding hydrogens is 336 g/mol. The largest absolute Gasteiger partial charge is 0.325 e. The monoisotopic (exact) mass is 348 g/mol. The summed E-state index contributed by atoms with van der Waals surface area (Å²) < 4.78 is 1.89. The average Bonchev–Trinajstić information content (AvgIpc) is 3.19. The van der Waals surface area contributed by atoms with Crippen LogP contribution in [0.25, 0.3) is 16.8 Å². The molecule has 0 atom stereocenters. The van der Waals surface area contributed by atoms with Gasteiger partial charge in [0, 0.05) is 5.69 Å². The molecule has 0 aliphatic rings. The van der Waals surface area contributed by atoms with E-state index in [0.717, 1.165) is 11.0 Å². The van der Waals surface area contributed by atoms with Gasteiger partial charge >= 0.3 is 0 Å². The standard InChI is InChI=1S/C17H12N6OS/c18-9-11-4-3-5-12(8-11)19-15(24)10-25-17-22-21-16-20-13-6-1-2-7-14(13)23(16)17/h1-8H,10H2,(H,19,24)(H,20,21). The molecule has 7 nitrogen and oxygen atoms in total. The molecule has 0 bridgehead atoms. The molecule has 0 saturated heterocycles. The summed E-state index contributed by atoms with van der Waals surface area (Å²) in [5, 5.41) is 19.5. The molecular formula is C17H12N6OS. The predicted molar refractivity (Wildman–Crippen MR) is 95.4 cm³/mol. The molecule has 0 aliphatic heterocycles. The van der Waals surface area contributed by atoms with E-state index in [1.54, 1.807) is 24.3 Å². The number of aromatic amines is 1. The van der Waals surface area contributed by atoms with Gasteiger partial charge in [0.1, 0.15) is 0 Å². The Morgan fingerprint density at radius 1 is 1.28 bits per heavy atom. The highest BCUT2D eigenvalue weighted by Crippen LogP contribution is 2.23. The van der Waals surface area contributed by atoms with Crippen LogP contribution in [0.1, 0.15) is 5.56 Å². The number of rotatable bonds is 4. The number of benzene rings is 2. The van der Waals surface area contributed by atoms with Crippen molar-refractivity contribution in [3.63, 3.8) is 0 Å². The Morgan fingerprint density at radius 3 is 3.04 bits per heavy atom. The molecule has 1 amide bonds. The van der Waals surface area contributed by atoms with Gasteiger partial charge in [-0.05, 0) is 30.3 Å². The molecule has 0 radical (unpaired) electrons. The second-order valence-electron chi connectivity index (χ2n) is 5.30. The van der Waals surface area contributed by atoms with E-state index in [2.05, 4.69) is 20.5 Å². The van der Waals surface area contributed by atoms with Crippen molar-refractivity contribution in [3.8, 4) is 6.07 Å². The quantitative estimate of drug-likeness (QED) is 0.553. The fraction of sp³-hybridized carbons (Fsp3) is 0.0588. The Labute approximate surface area is 146 Å². The zero-order valence-electron chi connectivity index (χ0n) is 12.9. The second kappa shape index (κ2) is 6.30. The summed E-state index contributed by atoms with van der Waals surface area (Å²) in [4.78, 5) is 16.6. The molecule has 8 heteroatoms. The predicted octanol–water partition coefficient (Wildman–Crippen LogP) is 2.81. The van der Waals surface area contributed by atoms with Crippen molar-refractivity contribution in [1.29, 1.82) is 5.26 Å². The van der Waals surface area contributed by atoms with Gasteiger partial charge in [-0.25, -0.2) is 10.1 Å². The molecule has 122 valence electrons. The van der Waals surface area contributed by atoms with Gasteiger partial charge in [0.15, 0.2) is 5.16 Å². The number of carbonyl (C=O) groups excluding carboxylic acids is 1. The van der Waals surface area contributed by atoms with Gasteiger partial charge in [0.05, 0.1) is 28.4 Å². The molecule has 2 aromatic heterocycles. The number of aromatic nitrogens is 4. The summed E-state index contributed by atoms with van der Waals surface area (Å²) >= 11 is 1.32. The molecule has 0 unspecified atom stereocenters. The van der Waals surface area contributed by atoms with Crippen molar-refractivity contribution in [2.24, 2.45) is 0 Å². The number of nitrogens with one attached hydrogen (secondary N) is 2. The van der Waals surface area contributed by atoms with Crippen LogP contribution in [0.15, 0.2) is 53.7 Å². The molecule has 25 heavy (non-hydrogen) atoms. The number of nitrogens with zero attached hydrogens (tertiary/aromatic N) is 4. The number of para-hydroxylation sites is 2. The van der Waals surface area contributed by atoms with Crippen LogP contribution in [0.2, 0.25) is 0 Å². The number of carbonyl (C=O) groups is 1. The zero-order valence-corrected chi connectivity index (χ0v) is 13.7. The Hall–Kier alpha value is -3.31. The number of hydrogen-bond acceptors (Lipinski definition) is 5. The minimum atomic E-state index is -0.166. The van der Waals surface area contributed by atoms with Gasteiger partial charge in [-0.15, -0.1) is 5.10 Å². The Morgan fingerprint density at radius 2 is 2.16 bits per heavy atom. The van der Waals surface area contributed by atoms with Gasteiger partial charge in [0.25, 0.3) is 0 Å². The van der Waals surface area contributed by atoms with Crippen LogP contribution in [0.3, 0.4) is 0 Å². The maximum atomic E-state index is 12.2. The molecule has 0 saturated carbocycles. The third kappa shape index (κ3) is 2.93. The van der Waals surface area contributed by atoms with Gasteiger partial charge in [-0.2, -0.15) is 5.26 Å². The van der Waals surface area contributed by atoms with E-state index in [-0.39, 0.29) is 11.7 Å². The first-order valence-electron chi connectivity index (χ1n) is 7.49. The molecule has 0 aliphatic carbocycles. The lowest BCUT2D eigenvalue weighted by Crippen LogP contribution is -2.14. The molecule has 2 heterocycles. The minimum Gasteiger partial charge on any atom is -0.325 e. The van der Waals surface area contributed by atoms with E-state index < -0.39 is 0 Å². The molecule has 4 aromatic rings. The highest BCUT2D eigenvalue weighted by Gasteiger charge is 2.13. The van der Waals surface area contributed by atoms with E-state index in [0.29, 0.717) is 22.2 Å². The minimum absolute atomic E-state index is 0.166. The van der Waals surface area contributed by atoms with Crippen LogP contribution in [0, 0.1) is 11.3 Å². The van der Waals surface area contributed by atoms with E-state index in [1.807, 2.05) is 34.7 Å². The van der Waals surface area contributed by atoms with Crippen molar-refractivity contribution in [1.82, 2.24) is 19.6 Å². The van der Waals surface area contributed by atoms with E-state index in [1.165, 1.54) is 11.8 Å². The van der Waals surface area contributed by atoms with Crippen molar-refractivity contribution in [2.45, 2.75) is 5.16 Å². The smallest absolute Gasteiger partial charge is 0.234 e. The van der Waals surface area contributed by atoms with Crippen LogP contribution in [0.5, 0.6) is 0 Å². The lowest BCUT2D eigenvalue weighted by molar-refractivity contribution is -0.113. The number of thioether (sulfide) groups is 1. The second-order valence-corrected chi connectivity index (χ2v) is 6.24. The summed E-state index contributed by atoms with van der Waals surface area (Å²) in [5.41, 5.74) is 2.92. The lowest BCUT2D eigenvalue weighted by Gasteiger charge is -2.04. The van der Waals surface area contributed by atoms with Gasteiger partial charge in [-0.3, -0.25) is 9.20 Å². The number of H-pyrrole nitrogens is 1. The number of amides is 1. The zero-order chi connectivity index (χ0) is 17.2. The normalized spacial score (nSPS) is 10.8.